The molecule has 6 heteroatoms. The third-order valence-corrected chi connectivity index (χ3v) is 4.84. The van der Waals surface area contributed by atoms with Crippen molar-refractivity contribution in [1.82, 2.24) is 5.32 Å². The van der Waals surface area contributed by atoms with Crippen LogP contribution < -0.4 is 10.1 Å². The molecule has 0 bridgehead atoms. The van der Waals surface area contributed by atoms with Crippen molar-refractivity contribution in [2.75, 3.05) is 19.8 Å². The number of rotatable bonds is 10. The van der Waals surface area contributed by atoms with E-state index in [1.165, 1.54) is 6.92 Å². The van der Waals surface area contributed by atoms with Crippen LogP contribution in [0.25, 0.3) is 0 Å². The highest BCUT2D eigenvalue weighted by Gasteiger charge is 2.42. The van der Waals surface area contributed by atoms with Gasteiger partial charge < -0.3 is 24.6 Å². The topological polar surface area (TPSA) is 77.0 Å². The minimum atomic E-state index is -0.734. The van der Waals surface area contributed by atoms with E-state index in [1.54, 1.807) is 6.07 Å². The number of aliphatic hydroxyl groups is 1. The number of benzene rings is 1. The minimum Gasteiger partial charge on any atom is -0.485 e. The Labute approximate surface area is 162 Å². The summed E-state index contributed by atoms with van der Waals surface area (Å²) in [6, 6.07) is 5.09. The molecule has 27 heavy (non-hydrogen) atoms. The Hall–Kier alpha value is -1.47. The van der Waals surface area contributed by atoms with E-state index in [0.29, 0.717) is 31.1 Å². The molecule has 152 valence electrons. The highest BCUT2D eigenvalue weighted by molar-refractivity contribution is 5.94. The third-order valence-electron chi connectivity index (χ3n) is 4.84. The molecule has 2 N–H and O–H groups in total. The van der Waals surface area contributed by atoms with Gasteiger partial charge in [-0.1, -0.05) is 0 Å². The zero-order valence-electron chi connectivity index (χ0n) is 17.1. The van der Waals surface area contributed by atoms with Gasteiger partial charge in [-0.2, -0.15) is 0 Å². The molecule has 1 aromatic carbocycles. The normalized spacial score (nSPS) is 21.0. The summed E-state index contributed by atoms with van der Waals surface area (Å²) in [6.45, 7) is 11.1. The van der Waals surface area contributed by atoms with Crippen LogP contribution in [0.1, 0.15) is 69.4 Å². The van der Waals surface area contributed by atoms with Gasteiger partial charge in [0.2, 0.25) is 0 Å². The number of carbonyl (C=O) groups is 1. The van der Waals surface area contributed by atoms with Crippen molar-refractivity contribution < 1.29 is 24.1 Å². The summed E-state index contributed by atoms with van der Waals surface area (Å²) >= 11 is 0. The van der Waals surface area contributed by atoms with Gasteiger partial charge in [0.1, 0.15) is 17.5 Å². The molecule has 0 spiro atoms. The molecule has 2 atom stereocenters. The number of ether oxygens (including phenoxy) is 3. The van der Waals surface area contributed by atoms with Crippen molar-refractivity contribution in [3.8, 4) is 5.75 Å². The van der Waals surface area contributed by atoms with Crippen molar-refractivity contribution in [2.24, 2.45) is 0 Å². The standard InChI is InChI=1S/C21H33NO5/c1-6-25-18(26-7-2)9-8-12-22-19-16-13-15(14(3)23)10-11-17(16)27-21(4,5)20(19)24/h10-11,13,18-20,22,24H,6-9,12H2,1-5H3/t19-,20+/m1/s1. The molecular weight excluding hydrogens is 346 g/mol. The Morgan fingerprint density at radius 1 is 1.30 bits per heavy atom. The van der Waals surface area contributed by atoms with Gasteiger partial charge in [-0.15, -0.1) is 0 Å². The molecule has 0 aromatic heterocycles. The van der Waals surface area contributed by atoms with E-state index in [9.17, 15) is 9.90 Å². The fraction of sp³-hybridized carbons (Fsp3) is 0.667. The molecule has 6 nitrogen and oxygen atoms in total. The molecule has 1 aliphatic rings. The highest BCUT2D eigenvalue weighted by atomic mass is 16.7. The van der Waals surface area contributed by atoms with E-state index < -0.39 is 11.7 Å². The molecule has 0 saturated heterocycles. The first-order chi connectivity index (χ1) is 12.8. The number of aliphatic hydroxyl groups excluding tert-OH is 1. The molecule has 0 aliphatic carbocycles. The number of fused-ring (bicyclic) bond motifs is 1. The maximum atomic E-state index is 11.8. The van der Waals surface area contributed by atoms with E-state index in [-0.39, 0.29) is 18.1 Å². The van der Waals surface area contributed by atoms with Gasteiger partial charge in [0.25, 0.3) is 0 Å². The lowest BCUT2D eigenvalue weighted by Crippen LogP contribution is -2.52. The van der Waals surface area contributed by atoms with Crippen LogP contribution in [0.4, 0.5) is 0 Å². The summed E-state index contributed by atoms with van der Waals surface area (Å²) < 4.78 is 17.1. The molecule has 1 heterocycles. The summed E-state index contributed by atoms with van der Waals surface area (Å²) in [5.41, 5.74) is 0.714. The Bertz CT molecular complexity index is 625. The average Bonchev–Trinajstić information content (AvgIpc) is 2.61. The first-order valence-corrected chi connectivity index (χ1v) is 9.78. The van der Waals surface area contributed by atoms with Crippen LogP contribution in [0.15, 0.2) is 18.2 Å². The van der Waals surface area contributed by atoms with Crippen molar-refractivity contribution >= 4 is 5.78 Å². The number of carbonyl (C=O) groups excluding carboxylic acids is 1. The first kappa shape index (κ1) is 21.8. The van der Waals surface area contributed by atoms with Gasteiger partial charge in [0, 0.05) is 24.3 Å². The predicted molar refractivity (Wildman–Crippen MR) is 104 cm³/mol. The molecule has 1 aliphatic heterocycles. The fourth-order valence-electron chi connectivity index (χ4n) is 3.35. The van der Waals surface area contributed by atoms with E-state index in [0.717, 1.165) is 18.4 Å². The van der Waals surface area contributed by atoms with Gasteiger partial charge in [-0.25, -0.2) is 0 Å². The molecular formula is C21H33NO5. The van der Waals surface area contributed by atoms with Crippen LogP contribution >= 0.6 is 0 Å². The van der Waals surface area contributed by atoms with E-state index in [1.807, 2.05) is 39.8 Å². The van der Waals surface area contributed by atoms with Gasteiger partial charge >= 0.3 is 0 Å². The predicted octanol–water partition coefficient (Wildman–Crippen LogP) is 3.23. The molecule has 2 rings (SSSR count). The van der Waals surface area contributed by atoms with Gasteiger partial charge in [-0.3, -0.25) is 4.79 Å². The van der Waals surface area contributed by atoms with Gasteiger partial charge in [0.05, 0.1) is 6.04 Å². The van der Waals surface area contributed by atoms with Crippen LogP contribution in [0.3, 0.4) is 0 Å². The first-order valence-electron chi connectivity index (χ1n) is 9.78. The molecule has 0 fully saturated rings. The van der Waals surface area contributed by atoms with Gasteiger partial charge in [0.15, 0.2) is 12.1 Å². The maximum absolute atomic E-state index is 11.8. The van der Waals surface area contributed by atoms with Crippen molar-refractivity contribution in [3.63, 3.8) is 0 Å². The van der Waals surface area contributed by atoms with Crippen molar-refractivity contribution in [3.05, 3.63) is 29.3 Å². The Balaban J connectivity index is 2.08. The largest absolute Gasteiger partial charge is 0.485 e. The Morgan fingerprint density at radius 2 is 1.96 bits per heavy atom. The number of nitrogens with one attached hydrogen (secondary N) is 1. The molecule has 0 unspecified atom stereocenters. The second-order valence-corrected chi connectivity index (χ2v) is 7.37. The Morgan fingerprint density at radius 3 is 2.56 bits per heavy atom. The number of Topliss-reactive ketones (excluding diaryl/α,β-unsaturated/α-hetero) is 1. The zero-order chi connectivity index (χ0) is 20.0. The van der Waals surface area contributed by atoms with Crippen molar-refractivity contribution in [2.45, 2.75) is 71.5 Å². The van der Waals surface area contributed by atoms with Crippen LogP contribution in [0.2, 0.25) is 0 Å². The second-order valence-electron chi connectivity index (χ2n) is 7.37. The van der Waals surface area contributed by atoms with E-state index >= 15 is 0 Å². The number of hydrogen-bond donors (Lipinski definition) is 2. The summed E-state index contributed by atoms with van der Waals surface area (Å²) in [5, 5.41) is 14.3. The van der Waals surface area contributed by atoms with Crippen LogP contribution in [0, 0.1) is 0 Å². The second kappa shape index (κ2) is 9.64. The summed E-state index contributed by atoms with van der Waals surface area (Å²) in [6.07, 6.45) is 0.686. The van der Waals surface area contributed by atoms with Crippen LogP contribution in [0.5, 0.6) is 5.75 Å². The van der Waals surface area contributed by atoms with E-state index in [4.69, 9.17) is 14.2 Å². The monoisotopic (exact) mass is 379 g/mol. The fourth-order valence-corrected chi connectivity index (χ4v) is 3.35. The van der Waals surface area contributed by atoms with Gasteiger partial charge in [-0.05, 0) is 72.2 Å². The summed E-state index contributed by atoms with van der Waals surface area (Å²) in [4.78, 5) is 11.8. The molecule has 1 aromatic rings. The van der Waals surface area contributed by atoms with Crippen LogP contribution in [-0.2, 0) is 9.47 Å². The summed E-state index contributed by atoms with van der Waals surface area (Å²) in [7, 11) is 0. The minimum absolute atomic E-state index is 0.00727. The number of ketones is 1. The van der Waals surface area contributed by atoms with Crippen LogP contribution in [-0.4, -0.2) is 48.6 Å². The lowest BCUT2D eigenvalue weighted by atomic mass is 9.85. The van der Waals surface area contributed by atoms with Crippen molar-refractivity contribution in [1.29, 1.82) is 0 Å². The molecule has 0 amide bonds. The highest BCUT2D eigenvalue weighted by Crippen LogP contribution is 2.40. The average molecular weight is 379 g/mol. The van der Waals surface area contributed by atoms with E-state index in [2.05, 4.69) is 5.32 Å². The maximum Gasteiger partial charge on any atom is 0.159 e. The quantitative estimate of drug-likeness (QED) is 0.369. The smallest absolute Gasteiger partial charge is 0.159 e. The molecule has 0 radical (unpaired) electrons. The zero-order valence-corrected chi connectivity index (χ0v) is 17.1. The lowest BCUT2D eigenvalue weighted by molar-refractivity contribution is -0.140. The lowest BCUT2D eigenvalue weighted by Gasteiger charge is -2.42. The number of hydrogen-bond acceptors (Lipinski definition) is 6. The molecule has 0 saturated carbocycles. The Kier molecular flexibility index (Phi) is 7.79. The summed E-state index contributed by atoms with van der Waals surface area (Å²) in [5.74, 6) is 0.696. The SMILES string of the molecule is CCOC(CCCN[C@@H]1c2cc(C(C)=O)ccc2OC(C)(C)[C@H]1O)OCC. The third kappa shape index (κ3) is 5.51.